The van der Waals surface area contributed by atoms with Crippen molar-refractivity contribution < 1.29 is 18.1 Å². The smallest absolute Gasteiger partial charge is 0.279 e. The van der Waals surface area contributed by atoms with E-state index in [-0.39, 0.29) is 10.8 Å². The summed E-state index contributed by atoms with van der Waals surface area (Å²) in [6.07, 6.45) is 3.55. The molecule has 0 bridgehead atoms. The van der Waals surface area contributed by atoms with E-state index in [0.717, 1.165) is 31.6 Å². The van der Waals surface area contributed by atoms with Crippen LogP contribution in [0.2, 0.25) is 0 Å². The Balaban J connectivity index is 2.23. The van der Waals surface area contributed by atoms with Crippen LogP contribution in [0.25, 0.3) is 0 Å². The number of quaternary nitrogens is 1. The summed E-state index contributed by atoms with van der Waals surface area (Å²) in [5, 5.41) is 2.91. The van der Waals surface area contributed by atoms with Crippen molar-refractivity contribution in [3.63, 3.8) is 0 Å². The number of piperidine rings is 1. The topological polar surface area (TPSA) is 74.2 Å². The van der Waals surface area contributed by atoms with E-state index in [2.05, 4.69) is 5.32 Å². The largest absolute Gasteiger partial charge is 0.376 e. The molecule has 1 aliphatic rings. The van der Waals surface area contributed by atoms with Crippen molar-refractivity contribution in [3.8, 4) is 0 Å². The summed E-state index contributed by atoms with van der Waals surface area (Å²) in [4.78, 5) is 15.8. The third kappa shape index (κ3) is 4.93. The Morgan fingerprint density at radius 3 is 2.32 bits per heavy atom. The maximum absolute atomic E-state index is 12.4. The Bertz CT molecular complexity index is 711. The molecule has 1 fully saturated rings. The van der Waals surface area contributed by atoms with Crippen molar-refractivity contribution in [2.45, 2.75) is 24.2 Å². The number of hydrogen-bond donors (Lipinski definition) is 2. The molecule has 0 unspecified atom stereocenters. The number of nitrogens with one attached hydrogen (secondary N) is 2. The molecule has 2 rings (SSSR count). The minimum absolute atomic E-state index is 0.0839. The second-order valence-electron chi connectivity index (χ2n) is 6.90. The summed E-state index contributed by atoms with van der Waals surface area (Å²) in [7, 11) is 3.16. The standard InChI is InChI=1S/C17H28N4O3S/c1-19(2)16-9-8-14(25(23,24)20(3)4)12-15(16)18-17(22)13-21-10-6-5-7-11-21/h8-9,12H,5-7,10-11,13H2,1-4H3,(H,18,22)/p+1. The van der Waals surface area contributed by atoms with Crippen LogP contribution in [-0.2, 0) is 14.8 Å². The third-order valence-electron chi connectivity index (χ3n) is 4.47. The zero-order valence-electron chi connectivity index (χ0n) is 15.5. The van der Waals surface area contributed by atoms with E-state index in [9.17, 15) is 13.2 Å². The number of anilines is 2. The molecule has 0 aromatic heterocycles. The van der Waals surface area contributed by atoms with Crippen molar-refractivity contribution in [2.24, 2.45) is 0 Å². The molecule has 7 nitrogen and oxygen atoms in total. The summed E-state index contributed by atoms with van der Waals surface area (Å²) < 4.78 is 25.9. The highest BCUT2D eigenvalue weighted by Crippen LogP contribution is 2.28. The fourth-order valence-corrected chi connectivity index (χ4v) is 3.95. The summed E-state index contributed by atoms with van der Waals surface area (Å²) in [5.74, 6) is -0.0839. The van der Waals surface area contributed by atoms with Crippen LogP contribution >= 0.6 is 0 Å². The van der Waals surface area contributed by atoms with Crippen molar-refractivity contribution in [3.05, 3.63) is 18.2 Å². The van der Waals surface area contributed by atoms with Crippen LogP contribution in [0, 0.1) is 0 Å². The minimum Gasteiger partial charge on any atom is -0.376 e. The van der Waals surface area contributed by atoms with E-state index in [1.54, 1.807) is 12.1 Å². The van der Waals surface area contributed by atoms with Crippen molar-refractivity contribution in [1.82, 2.24) is 4.31 Å². The Hall–Kier alpha value is -1.64. The maximum atomic E-state index is 12.4. The van der Waals surface area contributed by atoms with E-state index < -0.39 is 10.0 Å². The molecule has 1 aromatic carbocycles. The molecule has 0 saturated carbocycles. The van der Waals surface area contributed by atoms with Crippen LogP contribution in [0.15, 0.2) is 23.1 Å². The normalized spacial score (nSPS) is 16.0. The van der Waals surface area contributed by atoms with E-state index >= 15 is 0 Å². The molecule has 0 spiro atoms. The molecule has 0 aliphatic carbocycles. The lowest BCUT2D eigenvalue weighted by molar-refractivity contribution is -0.896. The second-order valence-corrected chi connectivity index (χ2v) is 9.05. The first-order valence-electron chi connectivity index (χ1n) is 8.59. The first kappa shape index (κ1) is 19.7. The van der Waals surface area contributed by atoms with Crippen LogP contribution in [0.3, 0.4) is 0 Å². The average molecular weight is 370 g/mol. The van der Waals surface area contributed by atoms with Crippen LogP contribution in [0.5, 0.6) is 0 Å². The molecule has 8 heteroatoms. The predicted molar refractivity (Wildman–Crippen MR) is 99.7 cm³/mol. The number of benzene rings is 1. The quantitative estimate of drug-likeness (QED) is 0.741. The monoisotopic (exact) mass is 369 g/mol. The number of rotatable bonds is 6. The van der Waals surface area contributed by atoms with E-state index in [4.69, 9.17) is 0 Å². The van der Waals surface area contributed by atoms with Gasteiger partial charge in [0.2, 0.25) is 10.0 Å². The lowest BCUT2D eigenvalue weighted by Crippen LogP contribution is -3.13. The number of hydrogen-bond acceptors (Lipinski definition) is 4. The Morgan fingerprint density at radius 1 is 1.12 bits per heavy atom. The molecule has 1 aliphatic heterocycles. The van der Waals surface area contributed by atoms with Crippen LogP contribution in [0.4, 0.5) is 11.4 Å². The first-order chi connectivity index (χ1) is 11.7. The number of likely N-dealkylation sites (tertiary alicyclic amines) is 1. The highest BCUT2D eigenvalue weighted by Gasteiger charge is 2.22. The molecular formula is C17H29N4O3S+. The molecule has 0 radical (unpaired) electrons. The molecule has 1 heterocycles. The van der Waals surface area contributed by atoms with Gasteiger partial charge in [-0.3, -0.25) is 4.79 Å². The Labute approximate surface area is 150 Å². The van der Waals surface area contributed by atoms with E-state index in [0.29, 0.717) is 12.2 Å². The lowest BCUT2D eigenvalue weighted by Gasteiger charge is -2.24. The molecular weight excluding hydrogens is 340 g/mol. The maximum Gasteiger partial charge on any atom is 0.279 e. The van der Waals surface area contributed by atoms with Gasteiger partial charge in [0.15, 0.2) is 6.54 Å². The van der Waals surface area contributed by atoms with Crippen LogP contribution in [0.1, 0.15) is 19.3 Å². The van der Waals surface area contributed by atoms with Gasteiger partial charge in [-0.1, -0.05) is 0 Å². The van der Waals surface area contributed by atoms with Gasteiger partial charge in [0, 0.05) is 28.2 Å². The zero-order chi connectivity index (χ0) is 18.6. The summed E-state index contributed by atoms with van der Waals surface area (Å²) >= 11 is 0. The Morgan fingerprint density at radius 2 is 1.76 bits per heavy atom. The molecule has 1 saturated heterocycles. The highest BCUT2D eigenvalue weighted by molar-refractivity contribution is 7.89. The van der Waals surface area contributed by atoms with E-state index in [1.807, 2.05) is 19.0 Å². The van der Waals surface area contributed by atoms with Gasteiger partial charge in [-0.25, -0.2) is 12.7 Å². The fourth-order valence-electron chi connectivity index (χ4n) is 3.03. The Kier molecular flexibility index (Phi) is 6.42. The van der Waals surface area contributed by atoms with Crippen molar-refractivity contribution in [1.29, 1.82) is 0 Å². The van der Waals surface area contributed by atoms with Gasteiger partial charge in [0.05, 0.1) is 29.4 Å². The molecule has 1 amide bonds. The molecule has 0 atom stereocenters. The molecule has 140 valence electrons. The van der Waals surface area contributed by atoms with Gasteiger partial charge in [-0.2, -0.15) is 0 Å². The third-order valence-corrected chi connectivity index (χ3v) is 6.28. The summed E-state index contributed by atoms with van der Waals surface area (Å²) in [6, 6.07) is 4.82. The van der Waals surface area contributed by atoms with Gasteiger partial charge in [-0.15, -0.1) is 0 Å². The predicted octanol–water partition coefficient (Wildman–Crippen LogP) is 0.0102. The molecule has 2 N–H and O–H groups in total. The van der Waals surface area contributed by atoms with Gasteiger partial charge in [-0.05, 0) is 37.5 Å². The van der Waals surface area contributed by atoms with Gasteiger partial charge in [0.1, 0.15) is 0 Å². The minimum atomic E-state index is -3.55. The first-order valence-corrected chi connectivity index (χ1v) is 10.0. The number of amides is 1. The summed E-state index contributed by atoms with van der Waals surface area (Å²) in [5.41, 5.74) is 1.30. The number of nitrogens with zero attached hydrogens (tertiary/aromatic N) is 2. The van der Waals surface area contributed by atoms with E-state index in [1.165, 1.54) is 35.8 Å². The van der Waals surface area contributed by atoms with Gasteiger partial charge < -0.3 is 15.1 Å². The number of carbonyl (C=O) groups excluding carboxylic acids is 1. The SMILES string of the molecule is CN(C)c1ccc(S(=O)(=O)N(C)C)cc1NC(=O)C[NH+]1CCCCC1. The zero-order valence-corrected chi connectivity index (χ0v) is 16.3. The van der Waals surface area contributed by atoms with Gasteiger partial charge >= 0.3 is 0 Å². The average Bonchev–Trinajstić information content (AvgIpc) is 2.55. The summed E-state index contributed by atoms with van der Waals surface area (Å²) in [6.45, 7) is 2.45. The van der Waals surface area contributed by atoms with Gasteiger partial charge in [0.25, 0.3) is 5.91 Å². The molecule has 25 heavy (non-hydrogen) atoms. The van der Waals surface area contributed by atoms with Crippen LogP contribution in [-0.4, -0.2) is 66.5 Å². The second kappa shape index (κ2) is 8.16. The fraction of sp³-hybridized carbons (Fsp3) is 0.588. The van der Waals surface area contributed by atoms with Crippen molar-refractivity contribution in [2.75, 3.05) is 58.0 Å². The van der Waals surface area contributed by atoms with Crippen LogP contribution < -0.4 is 15.1 Å². The lowest BCUT2D eigenvalue weighted by atomic mass is 10.1. The molecule has 1 aromatic rings. The number of carbonyl (C=O) groups is 1. The number of sulfonamides is 1. The van der Waals surface area contributed by atoms with Crippen molar-refractivity contribution >= 4 is 27.3 Å². The highest BCUT2D eigenvalue weighted by atomic mass is 32.2.